The first-order valence-corrected chi connectivity index (χ1v) is 28.2. The van der Waals surface area contributed by atoms with E-state index >= 15 is 0 Å². The van der Waals surface area contributed by atoms with E-state index in [1.807, 2.05) is 27.7 Å². The van der Waals surface area contributed by atoms with E-state index in [0.717, 1.165) is 48.5 Å². The van der Waals surface area contributed by atoms with Gasteiger partial charge in [-0.3, -0.25) is 9.78 Å². The van der Waals surface area contributed by atoms with Gasteiger partial charge in [0.05, 0.1) is 27.4 Å². The molecule has 0 unspecified atom stereocenters. The van der Waals surface area contributed by atoms with Crippen molar-refractivity contribution in [2.24, 2.45) is 11.8 Å². The summed E-state index contributed by atoms with van der Waals surface area (Å²) in [5.74, 6) is 1.18. The van der Waals surface area contributed by atoms with Crippen LogP contribution < -0.4 is 10.4 Å². The summed E-state index contributed by atoms with van der Waals surface area (Å²) in [4.78, 5) is 17.0. The zero-order valence-corrected chi connectivity index (χ0v) is 41.1. The Morgan fingerprint density at radius 2 is 1.42 bits per heavy atom. The van der Waals surface area contributed by atoms with E-state index < -0.39 is 16.1 Å². The minimum atomic E-state index is -1.75. The van der Waals surface area contributed by atoms with Crippen LogP contribution in [0.25, 0.3) is 32.9 Å². The van der Waals surface area contributed by atoms with Crippen molar-refractivity contribution in [1.82, 2.24) is 4.98 Å². The Bertz CT molecular complexity index is 2150. The molecule has 1 aliphatic carbocycles. The second kappa shape index (κ2) is 20.2. The van der Waals surface area contributed by atoms with Crippen LogP contribution in [0.15, 0.2) is 84.6 Å². The molecule has 1 heterocycles. The number of hydrogen-bond donors (Lipinski definition) is 1. The molecule has 0 saturated heterocycles. The first kappa shape index (κ1) is 46.5. The standard InChI is InChI=1S/C38H44NSi2.C13H24O2.Ir/c1-26-20-27(2)38-35(28-12-8-9-13-28)24-36(39-37(38)21-26)30-22-29-14-10-11-15-34(29)31(23-30)25-41(6,7)33-18-16-32(17-19-33)40(3,4)5;1-5-10(6-2)12(14)9-13(15)11(7-3)8-4;/h10-11,14-21,23-24,28H,8-9,12-13,25H2,1-7H3;9-11,14H,5-8H2,1-4H3;/q-1;;/b;12-9-;. The van der Waals surface area contributed by atoms with E-state index in [-0.39, 0.29) is 43.5 Å². The summed E-state index contributed by atoms with van der Waals surface area (Å²) in [5, 5.41) is 16.7. The summed E-state index contributed by atoms with van der Waals surface area (Å²) < 4.78 is 0. The zero-order valence-electron chi connectivity index (χ0n) is 36.7. The van der Waals surface area contributed by atoms with Crippen molar-refractivity contribution in [3.8, 4) is 11.3 Å². The van der Waals surface area contributed by atoms with Crippen LogP contribution in [0.2, 0.25) is 32.7 Å². The van der Waals surface area contributed by atoms with Gasteiger partial charge in [0.25, 0.3) is 0 Å². The van der Waals surface area contributed by atoms with Crippen molar-refractivity contribution >= 4 is 54.0 Å². The summed E-state index contributed by atoms with van der Waals surface area (Å²) in [7, 11) is -3.06. The van der Waals surface area contributed by atoms with Gasteiger partial charge in [0, 0.05) is 49.1 Å². The molecule has 4 aromatic carbocycles. The normalized spacial score (nSPS) is 13.9. The summed E-state index contributed by atoms with van der Waals surface area (Å²) in [6.45, 7) is 24.9. The molecule has 1 aromatic heterocycles. The third-order valence-electron chi connectivity index (χ3n) is 12.5. The van der Waals surface area contributed by atoms with E-state index in [0.29, 0.717) is 5.92 Å². The second-order valence-electron chi connectivity index (χ2n) is 18.2. The number of carbonyl (C=O) groups excluding carboxylic acids is 1. The molecule has 0 amide bonds. The molecule has 57 heavy (non-hydrogen) atoms. The van der Waals surface area contributed by atoms with E-state index in [1.54, 1.807) is 5.19 Å². The Morgan fingerprint density at radius 1 is 0.825 bits per heavy atom. The van der Waals surface area contributed by atoms with Crippen LogP contribution in [0.3, 0.4) is 0 Å². The molecule has 0 atom stereocenters. The first-order valence-electron chi connectivity index (χ1n) is 21.5. The second-order valence-corrected chi connectivity index (χ2v) is 28.0. The van der Waals surface area contributed by atoms with Gasteiger partial charge < -0.3 is 5.11 Å². The maximum Gasteiger partial charge on any atom is 0.162 e. The van der Waals surface area contributed by atoms with Crippen molar-refractivity contribution in [2.45, 2.75) is 138 Å². The van der Waals surface area contributed by atoms with Gasteiger partial charge in [-0.2, -0.15) is 0 Å². The fourth-order valence-electron chi connectivity index (χ4n) is 8.86. The molecule has 1 N–H and O–H groups in total. The molecule has 1 aliphatic rings. The fourth-order valence-corrected chi connectivity index (χ4v) is 12.5. The Balaban J connectivity index is 0.000000385. The summed E-state index contributed by atoms with van der Waals surface area (Å²) in [5.41, 5.74) is 8.94. The number of pyridine rings is 1. The van der Waals surface area contributed by atoms with Crippen LogP contribution in [0.1, 0.15) is 107 Å². The average Bonchev–Trinajstić information content (AvgIpc) is 3.70. The van der Waals surface area contributed by atoms with Gasteiger partial charge in [-0.15, -0.1) is 29.1 Å². The van der Waals surface area contributed by atoms with E-state index in [9.17, 15) is 9.90 Å². The van der Waals surface area contributed by atoms with Crippen molar-refractivity contribution in [3.05, 3.63) is 113 Å². The number of benzene rings is 4. The van der Waals surface area contributed by atoms with E-state index in [4.69, 9.17) is 4.98 Å². The van der Waals surface area contributed by atoms with Crippen LogP contribution in [0, 0.1) is 31.7 Å². The first-order chi connectivity index (χ1) is 26.6. The number of aromatic nitrogens is 1. The molecule has 0 spiro atoms. The number of aliphatic hydroxyl groups is 1. The van der Waals surface area contributed by atoms with Gasteiger partial charge in [0.1, 0.15) is 0 Å². The molecule has 3 nitrogen and oxygen atoms in total. The molecule has 5 aromatic rings. The van der Waals surface area contributed by atoms with Crippen LogP contribution in [0.4, 0.5) is 0 Å². The molecule has 0 bridgehead atoms. The van der Waals surface area contributed by atoms with Gasteiger partial charge in [-0.25, -0.2) is 0 Å². The van der Waals surface area contributed by atoms with Crippen molar-refractivity contribution in [2.75, 3.05) is 0 Å². The minimum Gasteiger partial charge on any atom is -0.512 e. The van der Waals surface area contributed by atoms with Crippen molar-refractivity contribution < 1.29 is 30.0 Å². The van der Waals surface area contributed by atoms with Gasteiger partial charge >= 0.3 is 0 Å². The number of aryl methyl sites for hydroxylation is 2. The largest absolute Gasteiger partial charge is 0.512 e. The molecule has 307 valence electrons. The fraction of sp³-hybridized carbons (Fsp3) is 0.451. The number of allylic oxidation sites excluding steroid dienone is 2. The molecule has 1 radical (unpaired) electrons. The Labute approximate surface area is 360 Å². The van der Waals surface area contributed by atoms with Gasteiger partial charge in [-0.05, 0) is 87.1 Å². The topological polar surface area (TPSA) is 50.2 Å². The van der Waals surface area contributed by atoms with Crippen molar-refractivity contribution in [1.29, 1.82) is 0 Å². The number of hydrogen-bond acceptors (Lipinski definition) is 3. The predicted octanol–water partition coefficient (Wildman–Crippen LogP) is 13.2. The monoisotopic (exact) mass is 975 g/mol. The third-order valence-corrected chi connectivity index (χ3v) is 17.7. The Morgan fingerprint density at radius 3 is 2.02 bits per heavy atom. The molecule has 6 rings (SSSR count). The minimum absolute atomic E-state index is 0. The number of ketones is 1. The average molecular weight is 975 g/mol. The summed E-state index contributed by atoms with van der Waals surface area (Å²) >= 11 is 0. The van der Waals surface area contributed by atoms with Crippen LogP contribution >= 0.6 is 0 Å². The molecule has 0 aliphatic heterocycles. The molecular formula is C51H68IrNO2Si2-. The molecule has 1 fully saturated rings. The smallest absolute Gasteiger partial charge is 0.162 e. The predicted molar refractivity (Wildman–Crippen MR) is 248 cm³/mol. The SMILES string of the molecule is CCC(CC)C(=O)/C=C(\O)C(CC)CC.Cc1cc(C)c2c(C3CCCC3)cc(-c3[c-]c4ccccc4c(C[Si](C)(C)c4ccc([Si](C)(C)C)cc4)c3)nc2c1.[Ir]. The van der Waals surface area contributed by atoms with Crippen LogP contribution in [-0.2, 0) is 30.9 Å². The van der Waals surface area contributed by atoms with Gasteiger partial charge in [-0.1, -0.05) is 149 Å². The maximum atomic E-state index is 11.7. The number of rotatable bonds is 13. The van der Waals surface area contributed by atoms with E-state index in [1.165, 1.54) is 75.4 Å². The molecular weight excluding hydrogens is 907 g/mol. The zero-order chi connectivity index (χ0) is 40.8. The summed E-state index contributed by atoms with van der Waals surface area (Å²) in [6, 6.07) is 32.9. The number of fused-ring (bicyclic) bond motifs is 2. The quantitative estimate of drug-likeness (QED) is 0.0554. The van der Waals surface area contributed by atoms with Crippen LogP contribution in [0.5, 0.6) is 0 Å². The number of aliphatic hydroxyl groups excluding tert-OH is 1. The molecule has 1 saturated carbocycles. The molecule has 6 heteroatoms. The maximum absolute atomic E-state index is 11.7. The van der Waals surface area contributed by atoms with E-state index in [2.05, 4.69) is 125 Å². The van der Waals surface area contributed by atoms with Gasteiger partial charge in [0.2, 0.25) is 0 Å². The number of carbonyl (C=O) groups is 1. The number of nitrogens with zero attached hydrogens (tertiary/aromatic N) is 1. The van der Waals surface area contributed by atoms with Gasteiger partial charge in [0.15, 0.2) is 5.78 Å². The summed E-state index contributed by atoms with van der Waals surface area (Å²) in [6.07, 6.45) is 10.1. The Hall–Kier alpha value is -3.16. The Kier molecular flexibility index (Phi) is 16.5. The van der Waals surface area contributed by atoms with Crippen molar-refractivity contribution in [3.63, 3.8) is 0 Å². The van der Waals surface area contributed by atoms with Crippen LogP contribution in [-0.4, -0.2) is 32.0 Å². The third kappa shape index (κ3) is 11.3.